The quantitative estimate of drug-likeness (QED) is 0.646. The van der Waals surface area contributed by atoms with Crippen LogP contribution in [0.4, 0.5) is 5.69 Å². The second-order valence-electron chi connectivity index (χ2n) is 5.40. The van der Waals surface area contributed by atoms with Gasteiger partial charge in [-0.05, 0) is 18.9 Å². The van der Waals surface area contributed by atoms with E-state index in [4.69, 9.17) is 10.5 Å². The highest BCUT2D eigenvalue weighted by Crippen LogP contribution is 2.23. The topological polar surface area (TPSA) is 81.6 Å². The first-order chi connectivity index (χ1) is 9.55. The van der Waals surface area contributed by atoms with E-state index < -0.39 is 0 Å². The van der Waals surface area contributed by atoms with Gasteiger partial charge in [-0.3, -0.25) is 15.0 Å². The minimum Gasteiger partial charge on any atom is -0.379 e. The number of morpholine rings is 1. The van der Waals surface area contributed by atoms with E-state index in [0.29, 0.717) is 26.2 Å². The van der Waals surface area contributed by atoms with Crippen LogP contribution in [-0.2, 0) is 11.2 Å². The molecule has 0 amide bonds. The summed E-state index contributed by atoms with van der Waals surface area (Å²) in [5.41, 5.74) is 6.84. The van der Waals surface area contributed by atoms with Crippen molar-refractivity contribution in [3.05, 3.63) is 39.9 Å². The van der Waals surface area contributed by atoms with Crippen molar-refractivity contribution in [1.82, 2.24) is 4.90 Å². The van der Waals surface area contributed by atoms with Gasteiger partial charge in [-0.1, -0.05) is 12.1 Å². The summed E-state index contributed by atoms with van der Waals surface area (Å²) in [4.78, 5) is 12.8. The van der Waals surface area contributed by atoms with Crippen LogP contribution in [-0.4, -0.2) is 48.2 Å². The fourth-order valence-corrected chi connectivity index (χ4v) is 2.64. The van der Waals surface area contributed by atoms with Crippen LogP contribution in [0.2, 0.25) is 0 Å². The van der Waals surface area contributed by atoms with Crippen LogP contribution in [0.5, 0.6) is 0 Å². The molecule has 1 aliphatic heterocycles. The first-order valence-corrected chi connectivity index (χ1v) is 6.81. The molecular formula is C14H21N3O3. The van der Waals surface area contributed by atoms with Crippen LogP contribution in [0.3, 0.4) is 0 Å². The fraction of sp³-hybridized carbons (Fsp3) is 0.571. The van der Waals surface area contributed by atoms with E-state index in [1.807, 2.05) is 6.07 Å². The van der Waals surface area contributed by atoms with Crippen molar-refractivity contribution in [3.8, 4) is 0 Å². The lowest BCUT2D eigenvalue weighted by atomic mass is 9.90. The van der Waals surface area contributed by atoms with Crippen LogP contribution < -0.4 is 5.73 Å². The molecule has 0 spiro atoms. The summed E-state index contributed by atoms with van der Waals surface area (Å²) in [5, 5.41) is 10.8. The molecule has 1 unspecified atom stereocenters. The molecule has 0 bridgehead atoms. The molecule has 1 fully saturated rings. The first kappa shape index (κ1) is 14.9. The molecule has 110 valence electrons. The fourth-order valence-electron chi connectivity index (χ4n) is 2.64. The summed E-state index contributed by atoms with van der Waals surface area (Å²) in [7, 11) is 0. The van der Waals surface area contributed by atoms with Crippen molar-refractivity contribution < 1.29 is 9.66 Å². The number of nitro groups is 1. The Kier molecular flexibility index (Phi) is 4.69. The van der Waals surface area contributed by atoms with E-state index in [1.54, 1.807) is 12.1 Å². The average molecular weight is 279 g/mol. The van der Waals surface area contributed by atoms with Gasteiger partial charge in [0.05, 0.1) is 18.1 Å². The molecule has 6 heteroatoms. The van der Waals surface area contributed by atoms with Crippen LogP contribution in [0.15, 0.2) is 24.3 Å². The van der Waals surface area contributed by atoms with Gasteiger partial charge in [0.1, 0.15) is 0 Å². The zero-order chi connectivity index (χ0) is 14.6. The predicted molar refractivity (Wildman–Crippen MR) is 76.7 cm³/mol. The molecule has 1 atom stereocenters. The van der Waals surface area contributed by atoms with Gasteiger partial charge >= 0.3 is 0 Å². The maximum Gasteiger partial charge on any atom is 0.269 e. The van der Waals surface area contributed by atoms with Crippen molar-refractivity contribution in [2.24, 2.45) is 5.73 Å². The van der Waals surface area contributed by atoms with Gasteiger partial charge in [0, 0.05) is 37.3 Å². The van der Waals surface area contributed by atoms with Gasteiger partial charge in [0.2, 0.25) is 0 Å². The molecular weight excluding hydrogens is 258 g/mol. The van der Waals surface area contributed by atoms with Crippen molar-refractivity contribution in [3.63, 3.8) is 0 Å². The summed E-state index contributed by atoms with van der Waals surface area (Å²) in [6.07, 6.45) is 0.700. The zero-order valence-corrected chi connectivity index (χ0v) is 11.7. The van der Waals surface area contributed by atoms with Crippen LogP contribution in [0, 0.1) is 10.1 Å². The van der Waals surface area contributed by atoms with Crippen LogP contribution >= 0.6 is 0 Å². The smallest absolute Gasteiger partial charge is 0.269 e. The lowest BCUT2D eigenvalue weighted by molar-refractivity contribution is -0.384. The number of nitrogens with zero attached hydrogens (tertiary/aromatic N) is 2. The third kappa shape index (κ3) is 3.33. The summed E-state index contributed by atoms with van der Waals surface area (Å²) in [5.74, 6) is 0. The minimum absolute atomic E-state index is 0.129. The molecule has 6 nitrogen and oxygen atoms in total. The molecule has 20 heavy (non-hydrogen) atoms. The number of benzene rings is 1. The Morgan fingerprint density at radius 2 is 2.15 bits per heavy atom. The number of ether oxygens (including phenoxy) is 1. The minimum atomic E-state index is -0.363. The van der Waals surface area contributed by atoms with Gasteiger partial charge in [-0.25, -0.2) is 0 Å². The number of rotatable bonds is 5. The third-order valence-corrected chi connectivity index (χ3v) is 3.92. The Morgan fingerprint density at radius 1 is 1.45 bits per heavy atom. The van der Waals surface area contributed by atoms with E-state index in [9.17, 15) is 10.1 Å². The number of hydrogen-bond donors (Lipinski definition) is 1. The second kappa shape index (κ2) is 6.30. The summed E-state index contributed by atoms with van der Waals surface area (Å²) in [6, 6.07) is 6.79. The van der Waals surface area contributed by atoms with Gasteiger partial charge in [0.15, 0.2) is 0 Å². The Hall–Kier alpha value is -1.50. The molecule has 0 aliphatic carbocycles. The Labute approximate surface area is 118 Å². The molecule has 0 aromatic heterocycles. The highest BCUT2D eigenvalue weighted by Gasteiger charge is 2.32. The average Bonchev–Trinajstić information content (AvgIpc) is 2.48. The summed E-state index contributed by atoms with van der Waals surface area (Å²) >= 11 is 0. The molecule has 0 radical (unpaired) electrons. The van der Waals surface area contributed by atoms with Crippen molar-refractivity contribution in [2.75, 3.05) is 32.8 Å². The zero-order valence-electron chi connectivity index (χ0n) is 11.7. The highest BCUT2D eigenvalue weighted by atomic mass is 16.6. The third-order valence-electron chi connectivity index (χ3n) is 3.92. The Balaban J connectivity index is 2.16. The highest BCUT2D eigenvalue weighted by molar-refractivity contribution is 5.35. The molecule has 1 aromatic rings. The van der Waals surface area contributed by atoms with Gasteiger partial charge in [0.25, 0.3) is 5.69 Å². The maximum atomic E-state index is 10.8. The molecule has 1 saturated heterocycles. The summed E-state index contributed by atoms with van der Waals surface area (Å²) in [6.45, 7) is 5.74. The first-order valence-electron chi connectivity index (χ1n) is 6.81. The van der Waals surface area contributed by atoms with E-state index in [2.05, 4.69) is 11.8 Å². The number of nitrogens with two attached hydrogens (primary N) is 1. The number of non-ortho nitro benzene ring substituents is 1. The van der Waals surface area contributed by atoms with Gasteiger partial charge in [-0.15, -0.1) is 0 Å². The number of nitro benzene ring substituents is 1. The van der Waals surface area contributed by atoms with Gasteiger partial charge in [-0.2, -0.15) is 0 Å². The van der Waals surface area contributed by atoms with Gasteiger partial charge < -0.3 is 10.5 Å². The predicted octanol–water partition coefficient (Wildman–Crippen LogP) is 1.19. The Bertz CT molecular complexity index is 474. The van der Waals surface area contributed by atoms with E-state index in [-0.39, 0.29) is 16.1 Å². The van der Waals surface area contributed by atoms with Crippen molar-refractivity contribution >= 4 is 5.69 Å². The molecule has 1 aromatic carbocycles. The van der Waals surface area contributed by atoms with E-state index in [0.717, 1.165) is 18.7 Å². The molecule has 2 N–H and O–H groups in total. The van der Waals surface area contributed by atoms with E-state index in [1.165, 1.54) is 6.07 Å². The lowest BCUT2D eigenvalue weighted by Crippen LogP contribution is -2.56. The monoisotopic (exact) mass is 279 g/mol. The normalized spacial score (nSPS) is 19.5. The Morgan fingerprint density at radius 3 is 2.75 bits per heavy atom. The molecule has 2 rings (SSSR count). The second-order valence-corrected chi connectivity index (χ2v) is 5.40. The van der Waals surface area contributed by atoms with Crippen LogP contribution in [0.1, 0.15) is 12.5 Å². The largest absolute Gasteiger partial charge is 0.379 e. The lowest BCUT2D eigenvalue weighted by Gasteiger charge is -2.42. The SMILES string of the molecule is CC(CN)(Cc1cccc([N+](=O)[O-])c1)N1CCOCC1. The summed E-state index contributed by atoms with van der Waals surface area (Å²) < 4.78 is 5.37. The molecule has 1 aliphatic rings. The van der Waals surface area contributed by atoms with Crippen LogP contribution in [0.25, 0.3) is 0 Å². The molecule has 1 heterocycles. The van der Waals surface area contributed by atoms with Crippen molar-refractivity contribution in [2.45, 2.75) is 18.9 Å². The number of hydrogen-bond acceptors (Lipinski definition) is 5. The molecule has 0 saturated carbocycles. The van der Waals surface area contributed by atoms with Crippen molar-refractivity contribution in [1.29, 1.82) is 0 Å². The van der Waals surface area contributed by atoms with E-state index >= 15 is 0 Å². The maximum absolute atomic E-state index is 10.8. The standard InChI is InChI=1S/C14H21N3O3/c1-14(11-15,16-5-7-20-8-6-16)10-12-3-2-4-13(9-12)17(18)19/h2-4,9H,5-8,10-11,15H2,1H3.